The van der Waals surface area contributed by atoms with Crippen molar-refractivity contribution >= 4 is 11.8 Å². The highest BCUT2D eigenvalue weighted by Gasteiger charge is 2.45. The van der Waals surface area contributed by atoms with Gasteiger partial charge in [0.2, 0.25) is 5.91 Å². The molecular formula is C21H33N5O2. The van der Waals surface area contributed by atoms with E-state index in [9.17, 15) is 9.59 Å². The highest BCUT2D eigenvalue weighted by molar-refractivity contribution is 5.85. The maximum absolute atomic E-state index is 13.5. The molecule has 2 amide bonds. The van der Waals surface area contributed by atoms with Crippen LogP contribution in [-0.4, -0.2) is 70.7 Å². The van der Waals surface area contributed by atoms with Crippen molar-refractivity contribution in [1.29, 1.82) is 0 Å². The van der Waals surface area contributed by atoms with Crippen molar-refractivity contribution < 1.29 is 9.59 Å². The molecule has 0 bridgehead atoms. The number of hydrogen-bond acceptors (Lipinski definition) is 4. The van der Waals surface area contributed by atoms with Gasteiger partial charge in [-0.1, -0.05) is 6.92 Å². The number of nitrogens with zero attached hydrogens (tertiary/aromatic N) is 4. The second-order valence-electron chi connectivity index (χ2n) is 8.83. The van der Waals surface area contributed by atoms with E-state index in [4.69, 9.17) is 0 Å². The Labute approximate surface area is 167 Å². The molecule has 1 N–H and O–H groups in total. The van der Waals surface area contributed by atoms with Gasteiger partial charge in [-0.05, 0) is 63.6 Å². The van der Waals surface area contributed by atoms with Crippen LogP contribution in [0.1, 0.15) is 45.4 Å². The van der Waals surface area contributed by atoms with E-state index in [0.29, 0.717) is 24.9 Å². The fourth-order valence-electron chi connectivity index (χ4n) is 5.17. The third-order valence-electron chi connectivity index (χ3n) is 6.87. The zero-order valence-electron chi connectivity index (χ0n) is 17.0. The van der Waals surface area contributed by atoms with Crippen molar-refractivity contribution in [2.75, 3.05) is 39.3 Å². The Bertz CT molecular complexity index is 675. The van der Waals surface area contributed by atoms with Gasteiger partial charge in [0.15, 0.2) is 0 Å². The normalized spacial score (nSPS) is 26.2. The smallest absolute Gasteiger partial charge is 0.250 e. The van der Waals surface area contributed by atoms with Crippen LogP contribution in [0.3, 0.4) is 0 Å². The number of likely N-dealkylation sites (tertiary alicyclic amines) is 2. The van der Waals surface area contributed by atoms with Crippen LogP contribution >= 0.6 is 0 Å². The molecule has 0 spiro atoms. The fourth-order valence-corrected chi connectivity index (χ4v) is 5.17. The lowest BCUT2D eigenvalue weighted by atomic mass is 9.85. The first-order valence-electron chi connectivity index (χ1n) is 10.9. The van der Waals surface area contributed by atoms with Crippen LogP contribution in [0.25, 0.3) is 0 Å². The molecule has 3 fully saturated rings. The summed E-state index contributed by atoms with van der Waals surface area (Å²) in [5.74, 6) is 1.16. The van der Waals surface area contributed by atoms with Crippen LogP contribution in [0.15, 0.2) is 18.5 Å². The predicted octanol–water partition coefficient (Wildman–Crippen LogP) is 1.46. The number of aromatic nitrogens is 2. The molecule has 7 nitrogen and oxygen atoms in total. The number of carbonyl (C=O) groups is 2. The third-order valence-corrected chi connectivity index (χ3v) is 6.87. The molecule has 0 aromatic carbocycles. The van der Waals surface area contributed by atoms with Crippen LogP contribution in [0.4, 0.5) is 0 Å². The van der Waals surface area contributed by atoms with E-state index in [-0.39, 0.29) is 11.8 Å². The molecular weight excluding hydrogens is 354 g/mol. The Morgan fingerprint density at radius 1 is 1.07 bits per heavy atom. The lowest BCUT2D eigenvalue weighted by Gasteiger charge is -2.43. The minimum absolute atomic E-state index is 0.0722. The maximum atomic E-state index is 13.5. The highest BCUT2D eigenvalue weighted by atomic mass is 16.2. The van der Waals surface area contributed by atoms with Crippen LogP contribution in [0, 0.1) is 11.8 Å². The van der Waals surface area contributed by atoms with Gasteiger partial charge in [-0.2, -0.15) is 5.10 Å². The van der Waals surface area contributed by atoms with Gasteiger partial charge < -0.3 is 15.1 Å². The van der Waals surface area contributed by atoms with E-state index in [1.54, 1.807) is 6.20 Å². The molecule has 1 aromatic rings. The minimum atomic E-state index is -0.575. The molecule has 4 heterocycles. The van der Waals surface area contributed by atoms with Crippen molar-refractivity contribution in [2.45, 2.75) is 51.0 Å². The van der Waals surface area contributed by atoms with Crippen molar-refractivity contribution in [3.63, 3.8) is 0 Å². The van der Waals surface area contributed by atoms with E-state index >= 15 is 0 Å². The van der Waals surface area contributed by atoms with Gasteiger partial charge in [0.1, 0.15) is 5.54 Å². The lowest BCUT2D eigenvalue weighted by Crippen LogP contribution is -2.57. The topological polar surface area (TPSA) is 70.5 Å². The Morgan fingerprint density at radius 3 is 2.46 bits per heavy atom. The van der Waals surface area contributed by atoms with Gasteiger partial charge in [-0.3, -0.25) is 14.3 Å². The Hall–Kier alpha value is -1.89. The van der Waals surface area contributed by atoms with Crippen LogP contribution in [0.2, 0.25) is 0 Å². The molecule has 3 saturated heterocycles. The number of amides is 2. The molecule has 28 heavy (non-hydrogen) atoms. The molecule has 4 rings (SSSR count). The maximum Gasteiger partial charge on any atom is 0.250 e. The predicted molar refractivity (Wildman–Crippen MR) is 107 cm³/mol. The molecule has 3 aliphatic rings. The summed E-state index contributed by atoms with van der Waals surface area (Å²) in [6.07, 6.45) is 9.09. The summed E-state index contributed by atoms with van der Waals surface area (Å²) in [4.78, 5) is 30.5. The highest BCUT2D eigenvalue weighted by Crippen LogP contribution is 2.32. The zero-order chi connectivity index (χ0) is 19.6. The van der Waals surface area contributed by atoms with E-state index in [2.05, 4.69) is 22.2 Å². The summed E-state index contributed by atoms with van der Waals surface area (Å²) < 4.78 is 1.86. The SMILES string of the molecule is CC1CCCN(C(=O)C2CCN(C(=O)C3(n4cccn4)CCNCC3)CC2)C1. The molecule has 0 radical (unpaired) electrons. The second-order valence-corrected chi connectivity index (χ2v) is 8.83. The largest absolute Gasteiger partial charge is 0.342 e. The molecule has 0 saturated carbocycles. The lowest BCUT2D eigenvalue weighted by molar-refractivity contribution is -0.148. The molecule has 7 heteroatoms. The number of rotatable bonds is 3. The molecule has 1 aromatic heterocycles. The Balaban J connectivity index is 1.40. The summed E-state index contributed by atoms with van der Waals surface area (Å²) in [7, 11) is 0. The first-order chi connectivity index (χ1) is 13.6. The first-order valence-corrected chi connectivity index (χ1v) is 10.9. The summed E-state index contributed by atoms with van der Waals surface area (Å²) in [6, 6.07) is 1.89. The zero-order valence-corrected chi connectivity index (χ0v) is 17.0. The molecule has 3 aliphatic heterocycles. The summed E-state index contributed by atoms with van der Waals surface area (Å²) in [5, 5.41) is 7.78. The average molecular weight is 388 g/mol. The number of piperidine rings is 3. The van der Waals surface area contributed by atoms with Gasteiger partial charge in [0, 0.05) is 44.5 Å². The summed E-state index contributed by atoms with van der Waals surface area (Å²) >= 11 is 0. The van der Waals surface area contributed by atoms with Crippen molar-refractivity contribution in [1.82, 2.24) is 24.9 Å². The van der Waals surface area contributed by atoms with Crippen LogP contribution in [0.5, 0.6) is 0 Å². The van der Waals surface area contributed by atoms with E-state index < -0.39 is 5.54 Å². The van der Waals surface area contributed by atoms with E-state index in [1.807, 2.05) is 21.8 Å². The fraction of sp³-hybridized carbons (Fsp3) is 0.762. The van der Waals surface area contributed by atoms with Gasteiger partial charge in [-0.15, -0.1) is 0 Å². The molecule has 0 aliphatic carbocycles. The number of hydrogen-bond donors (Lipinski definition) is 1. The van der Waals surface area contributed by atoms with Crippen molar-refractivity contribution in [3.8, 4) is 0 Å². The van der Waals surface area contributed by atoms with E-state index in [1.165, 1.54) is 6.42 Å². The first kappa shape index (κ1) is 19.4. The molecule has 1 atom stereocenters. The summed E-state index contributed by atoms with van der Waals surface area (Å²) in [6.45, 7) is 7.03. The second kappa shape index (κ2) is 8.23. The quantitative estimate of drug-likeness (QED) is 0.852. The van der Waals surface area contributed by atoms with Crippen molar-refractivity contribution in [3.05, 3.63) is 18.5 Å². The Morgan fingerprint density at radius 2 is 1.82 bits per heavy atom. The van der Waals surface area contributed by atoms with E-state index in [0.717, 1.165) is 58.3 Å². The van der Waals surface area contributed by atoms with Crippen molar-refractivity contribution in [2.24, 2.45) is 11.8 Å². The third kappa shape index (κ3) is 3.69. The Kier molecular flexibility index (Phi) is 5.71. The minimum Gasteiger partial charge on any atom is -0.342 e. The molecule has 154 valence electrons. The number of carbonyl (C=O) groups excluding carboxylic acids is 2. The molecule has 1 unspecified atom stereocenters. The average Bonchev–Trinajstić information content (AvgIpc) is 3.29. The van der Waals surface area contributed by atoms with Crippen LogP contribution in [-0.2, 0) is 15.1 Å². The monoisotopic (exact) mass is 387 g/mol. The van der Waals surface area contributed by atoms with Gasteiger partial charge in [0.05, 0.1) is 0 Å². The summed E-state index contributed by atoms with van der Waals surface area (Å²) in [5.41, 5.74) is -0.575. The number of nitrogens with one attached hydrogen (secondary N) is 1. The van der Waals surface area contributed by atoms with Gasteiger partial charge >= 0.3 is 0 Å². The van der Waals surface area contributed by atoms with Gasteiger partial charge in [-0.25, -0.2) is 0 Å². The van der Waals surface area contributed by atoms with Gasteiger partial charge in [0.25, 0.3) is 5.91 Å². The standard InChI is InChI=1S/C21H33N5O2/c1-17-4-2-12-25(16-17)19(27)18-5-14-24(15-6-18)20(28)21(7-10-22-11-8-21)26-13-3-9-23-26/h3,9,13,17-18,22H,2,4-8,10-12,14-16H2,1H3. The van der Waals surface area contributed by atoms with Crippen LogP contribution < -0.4 is 5.32 Å².